The van der Waals surface area contributed by atoms with Gasteiger partial charge in [-0.2, -0.15) is 0 Å². The number of sulfonamides is 1. The maximum absolute atomic E-state index is 12.9. The number of thiophene rings is 1. The van der Waals surface area contributed by atoms with Crippen molar-refractivity contribution >= 4 is 33.0 Å². The number of benzene rings is 2. The van der Waals surface area contributed by atoms with E-state index in [1.54, 1.807) is 29.5 Å². The first-order valence-electron chi connectivity index (χ1n) is 9.45. The summed E-state index contributed by atoms with van der Waals surface area (Å²) >= 11 is 1.65. The van der Waals surface area contributed by atoms with Crippen LogP contribution in [0.3, 0.4) is 0 Å². The van der Waals surface area contributed by atoms with Crippen molar-refractivity contribution in [2.75, 3.05) is 11.8 Å². The third kappa shape index (κ3) is 5.20. The van der Waals surface area contributed by atoms with Gasteiger partial charge in [0.15, 0.2) is 0 Å². The number of rotatable bonds is 8. The Hall–Kier alpha value is -2.84. The Morgan fingerprint density at radius 2 is 1.73 bits per heavy atom. The molecule has 1 amide bonds. The summed E-state index contributed by atoms with van der Waals surface area (Å²) in [6.45, 7) is 4.39. The molecule has 3 rings (SSSR count). The summed E-state index contributed by atoms with van der Waals surface area (Å²) in [4.78, 5) is 14.8. The Balaban J connectivity index is 1.81. The van der Waals surface area contributed by atoms with Gasteiger partial charge < -0.3 is 10.1 Å². The summed E-state index contributed by atoms with van der Waals surface area (Å²) < 4.78 is 33.6. The Kier molecular flexibility index (Phi) is 6.79. The van der Waals surface area contributed by atoms with Gasteiger partial charge in [-0.25, -0.2) is 8.42 Å². The van der Waals surface area contributed by atoms with Crippen LogP contribution < -0.4 is 14.8 Å². The van der Waals surface area contributed by atoms with Crippen LogP contribution in [-0.2, 0) is 23.0 Å². The maximum Gasteiger partial charge on any atom is 0.265 e. The van der Waals surface area contributed by atoms with Crippen LogP contribution in [0.4, 0.5) is 5.69 Å². The number of ether oxygens (including phenoxy) is 1. The van der Waals surface area contributed by atoms with Crippen LogP contribution in [0.2, 0.25) is 0 Å². The molecule has 0 radical (unpaired) electrons. The third-order valence-electron chi connectivity index (χ3n) is 4.51. The van der Waals surface area contributed by atoms with Crippen molar-refractivity contribution in [1.29, 1.82) is 0 Å². The number of nitrogens with one attached hydrogen (secondary N) is 2. The van der Waals surface area contributed by atoms with E-state index in [-0.39, 0.29) is 22.1 Å². The van der Waals surface area contributed by atoms with Gasteiger partial charge in [-0.1, -0.05) is 24.6 Å². The number of aryl methyl sites for hydroxylation is 2. The van der Waals surface area contributed by atoms with E-state index in [0.717, 1.165) is 16.9 Å². The van der Waals surface area contributed by atoms with Gasteiger partial charge in [0.2, 0.25) is 0 Å². The predicted octanol–water partition coefficient (Wildman–Crippen LogP) is 4.36. The highest BCUT2D eigenvalue weighted by Gasteiger charge is 2.22. The van der Waals surface area contributed by atoms with Crippen molar-refractivity contribution in [3.05, 3.63) is 75.5 Å². The van der Waals surface area contributed by atoms with Crippen molar-refractivity contribution in [3.8, 4) is 5.75 Å². The van der Waals surface area contributed by atoms with Gasteiger partial charge in [0.05, 0.1) is 13.7 Å². The number of methoxy groups -OCH3 is 1. The molecule has 158 valence electrons. The molecule has 3 aromatic rings. The van der Waals surface area contributed by atoms with E-state index >= 15 is 0 Å². The van der Waals surface area contributed by atoms with Crippen molar-refractivity contribution < 1.29 is 17.9 Å². The van der Waals surface area contributed by atoms with E-state index in [9.17, 15) is 13.2 Å². The fourth-order valence-corrected chi connectivity index (χ4v) is 4.99. The van der Waals surface area contributed by atoms with Crippen molar-refractivity contribution in [3.63, 3.8) is 0 Å². The summed E-state index contributed by atoms with van der Waals surface area (Å²) in [5.74, 6) is -0.187. The van der Waals surface area contributed by atoms with E-state index in [2.05, 4.69) is 17.0 Å². The molecule has 0 aliphatic carbocycles. The quantitative estimate of drug-likeness (QED) is 0.541. The lowest BCUT2D eigenvalue weighted by Gasteiger charge is -2.13. The number of carbonyl (C=O) groups is 1. The zero-order chi connectivity index (χ0) is 21.7. The van der Waals surface area contributed by atoms with E-state index in [4.69, 9.17) is 4.74 Å². The lowest BCUT2D eigenvalue weighted by molar-refractivity contribution is 0.0951. The molecule has 0 saturated heterocycles. The van der Waals surface area contributed by atoms with Gasteiger partial charge in [-0.15, -0.1) is 11.3 Å². The fraction of sp³-hybridized carbons (Fsp3) is 0.227. The Labute approximate surface area is 181 Å². The van der Waals surface area contributed by atoms with Crippen molar-refractivity contribution in [1.82, 2.24) is 5.32 Å². The molecule has 8 heteroatoms. The molecule has 1 aromatic heterocycles. The highest BCUT2D eigenvalue weighted by Crippen LogP contribution is 2.27. The second-order valence-corrected chi connectivity index (χ2v) is 9.65. The molecule has 2 N–H and O–H groups in total. The summed E-state index contributed by atoms with van der Waals surface area (Å²) in [6.07, 6.45) is 0.951. The van der Waals surface area contributed by atoms with Gasteiger partial charge in [0.1, 0.15) is 10.6 Å². The van der Waals surface area contributed by atoms with Crippen LogP contribution in [0.5, 0.6) is 5.75 Å². The van der Waals surface area contributed by atoms with Gasteiger partial charge in [0.25, 0.3) is 15.9 Å². The molecule has 2 aromatic carbocycles. The molecule has 6 nitrogen and oxygen atoms in total. The molecule has 0 aliphatic rings. The van der Waals surface area contributed by atoms with E-state index in [1.165, 1.54) is 24.1 Å². The first-order chi connectivity index (χ1) is 14.3. The third-order valence-corrected chi connectivity index (χ3v) is 7.14. The lowest BCUT2D eigenvalue weighted by atomic mass is 10.2. The largest absolute Gasteiger partial charge is 0.495 e. The molecule has 0 unspecified atom stereocenters. The molecule has 0 spiro atoms. The van der Waals surface area contributed by atoms with Crippen LogP contribution in [0.1, 0.15) is 32.6 Å². The molecule has 0 saturated carbocycles. The minimum atomic E-state index is -3.95. The lowest BCUT2D eigenvalue weighted by Crippen LogP contribution is -2.23. The number of amides is 1. The topological polar surface area (TPSA) is 84.5 Å². The summed E-state index contributed by atoms with van der Waals surface area (Å²) in [6, 6.07) is 15.4. The Morgan fingerprint density at radius 1 is 1.03 bits per heavy atom. The van der Waals surface area contributed by atoms with Gasteiger partial charge >= 0.3 is 0 Å². The molecule has 0 aliphatic heterocycles. The number of hydrogen-bond acceptors (Lipinski definition) is 5. The molecular formula is C22H24N2O4S2. The second-order valence-electron chi connectivity index (χ2n) is 6.74. The van der Waals surface area contributed by atoms with Crippen LogP contribution in [0, 0.1) is 6.92 Å². The first kappa shape index (κ1) is 21.9. The van der Waals surface area contributed by atoms with Crippen molar-refractivity contribution in [2.45, 2.75) is 31.7 Å². The minimum absolute atomic E-state index is 0.0948. The van der Waals surface area contributed by atoms with Crippen molar-refractivity contribution in [2.24, 2.45) is 0 Å². The van der Waals surface area contributed by atoms with Gasteiger partial charge in [-0.3, -0.25) is 9.52 Å². The average molecular weight is 445 g/mol. The van der Waals surface area contributed by atoms with Gasteiger partial charge in [0, 0.05) is 21.0 Å². The highest BCUT2D eigenvalue weighted by atomic mass is 32.2. The molecule has 1 heterocycles. The fourth-order valence-electron chi connectivity index (χ4n) is 2.84. The number of anilines is 1. The van der Waals surface area contributed by atoms with E-state index in [0.29, 0.717) is 12.2 Å². The number of hydrogen-bond donors (Lipinski definition) is 2. The van der Waals surface area contributed by atoms with Gasteiger partial charge in [-0.05, 0) is 55.8 Å². The zero-order valence-corrected chi connectivity index (χ0v) is 18.7. The standard InChI is InChI=1S/C22H24N2O4S2/c1-4-18-10-11-19(29-18)14-23-22(25)16-7-12-20(28-3)21(13-16)30(26,27)24-17-8-5-15(2)6-9-17/h5-13,24H,4,14H2,1-3H3,(H,23,25). The SMILES string of the molecule is CCc1ccc(CNC(=O)c2ccc(OC)c(S(=O)(=O)Nc3ccc(C)cc3)c2)s1. The second kappa shape index (κ2) is 9.32. The Morgan fingerprint density at radius 3 is 2.37 bits per heavy atom. The molecular weight excluding hydrogens is 420 g/mol. The zero-order valence-electron chi connectivity index (χ0n) is 17.1. The highest BCUT2D eigenvalue weighted by molar-refractivity contribution is 7.92. The van der Waals surface area contributed by atoms with Crippen LogP contribution in [0.25, 0.3) is 0 Å². The summed E-state index contributed by atoms with van der Waals surface area (Å²) in [5.41, 5.74) is 1.69. The first-order valence-corrected chi connectivity index (χ1v) is 11.8. The van der Waals surface area contributed by atoms with Crippen LogP contribution in [-0.4, -0.2) is 21.4 Å². The van der Waals surface area contributed by atoms with Crippen LogP contribution in [0.15, 0.2) is 59.5 Å². The smallest absolute Gasteiger partial charge is 0.265 e. The summed E-state index contributed by atoms with van der Waals surface area (Å²) in [5, 5.41) is 2.84. The van der Waals surface area contributed by atoms with E-state index in [1.807, 2.05) is 31.2 Å². The van der Waals surface area contributed by atoms with E-state index < -0.39 is 10.0 Å². The predicted molar refractivity (Wildman–Crippen MR) is 120 cm³/mol. The number of carbonyl (C=O) groups excluding carboxylic acids is 1. The average Bonchev–Trinajstić information content (AvgIpc) is 3.21. The Bertz CT molecular complexity index is 1140. The van der Waals surface area contributed by atoms with Crippen LogP contribution >= 0.6 is 11.3 Å². The molecule has 0 bridgehead atoms. The maximum atomic E-state index is 12.9. The normalized spacial score (nSPS) is 11.2. The summed E-state index contributed by atoms with van der Waals surface area (Å²) in [7, 11) is -2.55. The molecule has 30 heavy (non-hydrogen) atoms. The molecule has 0 fully saturated rings. The monoisotopic (exact) mass is 444 g/mol. The molecule has 0 atom stereocenters. The minimum Gasteiger partial charge on any atom is -0.495 e.